The number of benzodiazepines with no additional fused rings is 1. The van der Waals surface area contributed by atoms with E-state index in [1.165, 1.54) is 12.1 Å². The molecule has 0 aliphatic carbocycles. The van der Waals surface area contributed by atoms with Gasteiger partial charge in [-0.15, -0.1) is 0 Å². The van der Waals surface area contributed by atoms with Gasteiger partial charge >= 0.3 is 6.18 Å². The first kappa shape index (κ1) is 24.8. The second kappa shape index (κ2) is 10.1. The Hall–Kier alpha value is -3.36. The number of aliphatic imine (C=N–C) groups is 1. The molecule has 1 heterocycles. The summed E-state index contributed by atoms with van der Waals surface area (Å²) >= 11 is 12.0. The van der Waals surface area contributed by atoms with E-state index in [9.17, 15) is 22.8 Å². The number of carbonyl (C=O) groups is 2. The number of fused-ring (bicyclic) bond motifs is 1. The highest BCUT2D eigenvalue weighted by molar-refractivity contribution is 6.35. The van der Waals surface area contributed by atoms with E-state index in [2.05, 4.69) is 10.3 Å². The van der Waals surface area contributed by atoms with Crippen LogP contribution in [-0.2, 0) is 16.0 Å². The molecule has 0 saturated carbocycles. The molecule has 3 aromatic carbocycles. The van der Waals surface area contributed by atoms with E-state index in [0.29, 0.717) is 26.6 Å². The van der Waals surface area contributed by atoms with Gasteiger partial charge in [0.2, 0.25) is 12.1 Å². The van der Waals surface area contributed by atoms with Gasteiger partial charge in [-0.1, -0.05) is 77.8 Å². The van der Waals surface area contributed by atoms with Crippen molar-refractivity contribution in [1.29, 1.82) is 0 Å². The number of nitrogens with zero attached hydrogens (tertiary/aromatic N) is 2. The van der Waals surface area contributed by atoms with E-state index in [1.807, 2.05) is 0 Å². The summed E-state index contributed by atoms with van der Waals surface area (Å²) in [5.41, 5.74) is 1.71. The second-order valence-electron chi connectivity index (χ2n) is 7.78. The average molecular weight is 520 g/mol. The minimum atomic E-state index is -4.68. The number of para-hydroxylation sites is 1. The minimum absolute atomic E-state index is 0.0509. The topological polar surface area (TPSA) is 61.8 Å². The van der Waals surface area contributed by atoms with E-state index in [1.54, 1.807) is 60.7 Å². The standard InChI is InChI=1S/C25H18Cl2F3N3O2/c26-17-11-10-16(19(27)13-17)12-21(34)31-23-24(35)33(14-25(28,29)30)20-9-5-4-8-18(20)22(32-23)15-6-2-1-3-7-15/h1-11,13,23H,12,14H2,(H,31,34)/t23-/m1/s1. The Morgan fingerprint density at radius 2 is 1.69 bits per heavy atom. The zero-order valence-electron chi connectivity index (χ0n) is 18.0. The molecule has 10 heteroatoms. The maximum absolute atomic E-state index is 13.5. The highest BCUT2D eigenvalue weighted by atomic mass is 35.5. The summed E-state index contributed by atoms with van der Waals surface area (Å²) in [5.74, 6) is -1.64. The second-order valence-corrected chi connectivity index (χ2v) is 8.63. The summed E-state index contributed by atoms with van der Waals surface area (Å²) in [5, 5.41) is 3.11. The lowest BCUT2D eigenvalue weighted by Gasteiger charge is -2.26. The van der Waals surface area contributed by atoms with Crippen LogP contribution in [0, 0.1) is 0 Å². The molecular weight excluding hydrogens is 502 g/mol. The molecule has 1 atom stereocenters. The number of benzene rings is 3. The quantitative estimate of drug-likeness (QED) is 0.488. The fourth-order valence-corrected chi connectivity index (χ4v) is 4.21. The van der Waals surface area contributed by atoms with Gasteiger partial charge in [-0.25, -0.2) is 4.99 Å². The molecule has 0 saturated heterocycles. The van der Waals surface area contributed by atoms with Crippen molar-refractivity contribution in [3.8, 4) is 0 Å². The lowest BCUT2D eigenvalue weighted by atomic mass is 10.0. The Labute approximate surface area is 209 Å². The van der Waals surface area contributed by atoms with Crippen LogP contribution in [0.2, 0.25) is 10.0 Å². The molecule has 4 rings (SSSR count). The predicted molar refractivity (Wildman–Crippen MR) is 129 cm³/mol. The van der Waals surface area contributed by atoms with E-state index in [0.717, 1.165) is 0 Å². The number of anilines is 1. The molecule has 1 aliphatic heterocycles. The van der Waals surface area contributed by atoms with Gasteiger partial charge in [0.15, 0.2) is 0 Å². The number of halogens is 5. The van der Waals surface area contributed by atoms with Gasteiger partial charge in [-0.05, 0) is 23.8 Å². The number of rotatable bonds is 5. The molecule has 0 fully saturated rings. The number of alkyl halides is 3. The molecule has 2 amide bonds. The van der Waals surface area contributed by atoms with E-state index < -0.39 is 30.7 Å². The highest BCUT2D eigenvalue weighted by Gasteiger charge is 2.39. The van der Waals surface area contributed by atoms with E-state index >= 15 is 0 Å². The van der Waals surface area contributed by atoms with Crippen LogP contribution in [0.25, 0.3) is 0 Å². The predicted octanol–water partition coefficient (Wildman–Crippen LogP) is 5.42. The smallest absolute Gasteiger partial charge is 0.326 e. The van der Waals surface area contributed by atoms with Crippen molar-refractivity contribution in [3.63, 3.8) is 0 Å². The van der Waals surface area contributed by atoms with Crippen molar-refractivity contribution in [2.45, 2.75) is 18.8 Å². The zero-order chi connectivity index (χ0) is 25.2. The molecule has 0 spiro atoms. The molecule has 0 bridgehead atoms. The van der Waals surface area contributed by atoms with Gasteiger partial charge in [0.1, 0.15) is 6.54 Å². The Morgan fingerprint density at radius 1 is 1.00 bits per heavy atom. The van der Waals surface area contributed by atoms with Crippen LogP contribution in [0.15, 0.2) is 77.8 Å². The molecule has 180 valence electrons. The number of hydrogen-bond acceptors (Lipinski definition) is 3. The summed E-state index contributed by atoms with van der Waals surface area (Å²) in [6.07, 6.45) is -6.48. The summed E-state index contributed by atoms with van der Waals surface area (Å²) in [6, 6.07) is 19.5. The monoisotopic (exact) mass is 519 g/mol. The van der Waals surface area contributed by atoms with Crippen LogP contribution < -0.4 is 10.2 Å². The first-order valence-corrected chi connectivity index (χ1v) is 11.2. The molecule has 0 radical (unpaired) electrons. The molecule has 0 unspecified atom stereocenters. The molecule has 5 nitrogen and oxygen atoms in total. The fourth-order valence-electron chi connectivity index (χ4n) is 3.73. The number of carbonyl (C=O) groups excluding carboxylic acids is 2. The summed E-state index contributed by atoms with van der Waals surface area (Å²) in [7, 11) is 0. The maximum Gasteiger partial charge on any atom is 0.406 e. The first-order chi connectivity index (χ1) is 16.6. The van der Waals surface area contributed by atoms with Crippen LogP contribution >= 0.6 is 23.2 Å². The first-order valence-electron chi connectivity index (χ1n) is 10.5. The average Bonchev–Trinajstić information content (AvgIpc) is 2.91. The normalized spacial score (nSPS) is 15.8. The van der Waals surface area contributed by atoms with Crippen LogP contribution in [0.1, 0.15) is 16.7 Å². The molecular formula is C25H18Cl2F3N3O2. The largest absolute Gasteiger partial charge is 0.406 e. The summed E-state index contributed by atoms with van der Waals surface area (Å²) < 4.78 is 40.4. The van der Waals surface area contributed by atoms with Gasteiger partial charge in [-0.2, -0.15) is 13.2 Å². The zero-order valence-corrected chi connectivity index (χ0v) is 19.5. The van der Waals surface area contributed by atoms with Crippen molar-refractivity contribution in [1.82, 2.24) is 5.32 Å². The molecule has 0 aromatic heterocycles. The molecule has 1 N–H and O–H groups in total. The number of nitrogens with one attached hydrogen (secondary N) is 1. The lowest BCUT2D eigenvalue weighted by Crippen LogP contribution is -2.50. The van der Waals surface area contributed by atoms with Gasteiger partial charge in [0.05, 0.1) is 17.8 Å². The summed E-state index contributed by atoms with van der Waals surface area (Å²) in [6.45, 7) is -1.53. The Kier molecular flexibility index (Phi) is 7.14. The van der Waals surface area contributed by atoms with Gasteiger partial charge < -0.3 is 5.32 Å². The third-order valence-corrected chi connectivity index (χ3v) is 5.84. The SMILES string of the molecule is O=C(Cc1ccc(Cl)cc1Cl)N[C@@H]1N=C(c2ccccc2)c2ccccc2N(CC(F)(F)F)C1=O. The Bertz CT molecular complexity index is 1300. The van der Waals surface area contributed by atoms with Crippen LogP contribution in [0.3, 0.4) is 0 Å². The lowest BCUT2D eigenvalue weighted by molar-refractivity contribution is -0.134. The minimum Gasteiger partial charge on any atom is -0.326 e. The van der Waals surface area contributed by atoms with E-state index in [4.69, 9.17) is 23.2 Å². The Morgan fingerprint density at radius 3 is 2.37 bits per heavy atom. The van der Waals surface area contributed by atoms with Crippen molar-refractivity contribution >= 4 is 46.4 Å². The molecule has 3 aromatic rings. The van der Waals surface area contributed by atoms with Crippen molar-refractivity contribution in [3.05, 3.63) is 99.5 Å². The third kappa shape index (κ3) is 5.83. The molecule has 1 aliphatic rings. The fraction of sp³-hybridized carbons (Fsp3) is 0.160. The number of hydrogen-bond donors (Lipinski definition) is 1. The van der Waals surface area contributed by atoms with Gasteiger partial charge in [0, 0.05) is 21.2 Å². The summed E-state index contributed by atoms with van der Waals surface area (Å²) in [4.78, 5) is 31.2. The van der Waals surface area contributed by atoms with Crippen molar-refractivity contribution < 1.29 is 22.8 Å². The van der Waals surface area contributed by atoms with Crippen LogP contribution in [0.5, 0.6) is 0 Å². The third-order valence-electron chi connectivity index (χ3n) is 5.26. The maximum atomic E-state index is 13.5. The number of amides is 2. The highest BCUT2D eigenvalue weighted by Crippen LogP contribution is 2.31. The van der Waals surface area contributed by atoms with Gasteiger partial charge in [-0.3, -0.25) is 14.5 Å². The van der Waals surface area contributed by atoms with Gasteiger partial charge in [0.25, 0.3) is 5.91 Å². The molecule has 35 heavy (non-hydrogen) atoms. The van der Waals surface area contributed by atoms with Crippen LogP contribution in [0.4, 0.5) is 18.9 Å². The van der Waals surface area contributed by atoms with Crippen LogP contribution in [-0.4, -0.2) is 36.4 Å². The van der Waals surface area contributed by atoms with Crippen molar-refractivity contribution in [2.75, 3.05) is 11.4 Å². The Balaban J connectivity index is 1.75. The van der Waals surface area contributed by atoms with E-state index in [-0.39, 0.29) is 22.8 Å². The van der Waals surface area contributed by atoms with Crippen molar-refractivity contribution in [2.24, 2.45) is 4.99 Å².